The summed E-state index contributed by atoms with van der Waals surface area (Å²) in [5, 5.41) is 6.25. The maximum atomic E-state index is 6.25. The molecule has 0 bridgehead atoms. The first-order valence-electron chi connectivity index (χ1n) is 10.4. The molecule has 0 amide bonds. The zero-order chi connectivity index (χ0) is 17.2. The van der Waals surface area contributed by atoms with Crippen LogP contribution in [0.5, 0.6) is 0 Å². The number of piperidine rings is 1. The van der Waals surface area contributed by atoms with Crippen molar-refractivity contribution in [3.63, 3.8) is 0 Å². The van der Waals surface area contributed by atoms with Crippen LogP contribution in [0.2, 0.25) is 0 Å². The average Bonchev–Trinajstić information content (AvgIpc) is 2.60. The van der Waals surface area contributed by atoms with Gasteiger partial charge in [-0.15, -0.1) is 0 Å². The van der Waals surface area contributed by atoms with Gasteiger partial charge in [-0.1, -0.05) is 78.1 Å². The second-order valence-corrected chi connectivity index (χ2v) is 7.41. The van der Waals surface area contributed by atoms with E-state index in [9.17, 15) is 0 Å². The van der Waals surface area contributed by atoms with Crippen molar-refractivity contribution in [1.29, 1.82) is 5.26 Å². The molecule has 0 spiro atoms. The fraction of sp³-hybridized carbons (Fsp3) is 0.952. The minimum Gasteiger partial charge on any atom is -0.512 e. The van der Waals surface area contributed by atoms with E-state index in [4.69, 9.17) is 11.8 Å². The Labute approximate surface area is 146 Å². The largest absolute Gasteiger partial charge is 0.512 e. The Kier molecular flexibility index (Phi) is 17.4. The summed E-state index contributed by atoms with van der Waals surface area (Å²) in [6.45, 7) is 13.8. The topological polar surface area (TPSA) is 28.2 Å². The Balaban J connectivity index is 0.00000232. The summed E-state index contributed by atoms with van der Waals surface area (Å²) in [6.07, 6.45) is 20.5. The fourth-order valence-corrected chi connectivity index (χ4v) is 3.90. The highest BCUT2D eigenvalue weighted by atomic mass is 15.1. The number of hydrogen-bond donors (Lipinski definition) is 1. The van der Waals surface area contributed by atoms with Crippen molar-refractivity contribution in [2.75, 3.05) is 19.6 Å². The third kappa shape index (κ3) is 13.6. The molecule has 1 aliphatic heterocycles. The van der Waals surface area contributed by atoms with E-state index >= 15 is 0 Å². The summed E-state index contributed by atoms with van der Waals surface area (Å²) in [6, 6.07) is 0. The first-order chi connectivity index (χ1) is 11.4. The van der Waals surface area contributed by atoms with Gasteiger partial charge in [-0.25, -0.2) is 0 Å². The third-order valence-corrected chi connectivity index (χ3v) is 5.39. The van der Waals surface area contributed by atoms with Gasteiger partial charge in [0.2, 0.25) is 0 Å². The maximum absolute atomic E-state index is 6.25. The number of quaternary nitrogens is 1. The van der Waals surface area contributed by atoms with E-state index in [0.29, 0.717) is 0 Å². The SMILES string of the molecule is CCCCCCCCCCCC[NH+]1CCC(CCC)CC1.[C-]#N. The Morgan fingerprint density at radius 1 is 0.739 bits per heavy atom. The van der Waals surface area contributed by atoms with E-state index in [-0.39, 0.29) is 0 Å². The van der Waals surface area contributed by atoms with Gasteiger partial charge in [0.05, 0.1) is 19.6 Å². The minimum atomic E-state index is 1.06. The van der Waals surface area contributed by atoms with Crippen molar-refractivity contribution in [3.05, 3.63) is 6.57 Å². The summed E-state index contributed by atoms with van der Waals surface area (Å²) >= 11 is 0. The number of nitrogens with zero attached hydrogens (tertiary/aromatic N) is 1. The Morgan fingerprint density at radius 2 is 1.22 bits per heavy atom. The quantitative estimate of drug-likeness (QED) is 0.371. The standard InChI is InChI=1S/C20H41N.CN/c1-3-5-6-7-8-9-10-11-12-13-17-21-18-15-20(14-4-2)16-19-21;1-2/h20H,3-19H2,1-2H3;/q;-1/p+1. The van der Waals surface area contributed by atoms with Gasteiger partial charge in [0.1, 0.15) is 0 Å². The Hall–Kier alpha value is -0.550. The molecule has 1 fully saturated rings. The monoisotopic (exact) mass is 322 g/mol. The summed E-state index contributed by atoms with van der Waals surface area (Å²) in [7, 11) is 0. The lowest BCUT2D eigenvalue weighted by molar-refractivity contribution is -0.906. The van der Waals surface area contributed by atoms with Crippen LogP contribution < -0.4 is 4.90 Å². The molecule has 136 valence electrons. The molecule has 1 saturated heterocycles. The molecule has 0 saturated carbocycles. The zero-order valence-corrected chi connectivity index (χ0v) is 16.0. The highest BCUT2D eigenvalue weighted by Crippen LogP contribution is 2.15. The molecule has 0 aromatic rings. The molecule has 1 aliphatic rings. The molecule has 1 N–H and O–H groups in total. The normalized spacial score (nSPS) is 20.7. The summed E-state index contributed by atoms with van der Waals surface area (Å²) < 4.78 is 0. The molecular weight excluding hydrogens is 280 g/mol. The maximum Gasteiger partial charge on any atom is 0.0773 e. The summed E-state index contributed by atoms with van der Waals surface area (Å²) in [4.78, 5) is 1.90. The van der Waals surface area contributed by atoms with Gasteiger partial charge in [0, 0.05) is 0 Å². The van der Waals surface area contributed by atoms with E-state index in [1.54, 1.807) is 0 Å². The van der Waals surface area contributed by atoms with Crippen LogP contribution >= 0.6 is 0 Å². The van der Waals surface area contributed by atoms with Crippen molar-refractivity contribution >= 4 is 0 Å². The first-order valence-corrected chi connectivity index (χ1v) is 10.4. The van der Waals surface area contributed by atoms with Crippen LogP contribution in [0.1, 0.15) is 104 Å². The van der Waals surface area contributed by atoms with Gasteiger partial charge in [-0.05, 0) is 31.6 Å². The van der Waals surface area contributed by atoms with Crippen molar-refractivity contribution < 1.29 is 4.90 Å². The van der Waals surface area contributed by atoms with E-state index in [1.165, 1.54) is 110 Å². The minimum absolute atomic E-state index is 1.06. The number of hydrogen-bond acceptors (Lipinski definition) is 1. The van der Waals surface area contributed by atoms with Crippen molar-refractivity contribution in [2.45, 2.75) is 104 Å². The molecule has 0 atom stereocenters. The van der Waals surface area contributed by atoms with Crippen LogP contribution in [0.3, 0.4) is 0 Å². The summed E-state index contributed by atoms with van der Waals surface area (Å²) in [5.74, 6) is 1.06. The van der Waals surface area contributed by atoms with Crippen LogP contribution in [0.25, 0.3) is 0 Å². The summed E-state index contributed by atoms with van der Waals surface area (Å²) in [5.41, 5.74) is 0. The molecular formula is C21H42N2. The van der Waals surface area contributed by atoms with Gasteiger partial charge in [0.25, 0.3) is 0 Å². The van der Waals surface area contributed by atoms with E-state index in [2.05, 4.69) is 13.8 Å². The molecule has 0 unspecified atom stereocenters. The molecule has 0 aromatic heterocycles. The molecule has 2 heteroatoms. The second-order valence-electron chi connectivity index (χ2n) is 7.41. The van der Waals surface area contributed by atoms with E-state index in [1.807, 2.05) is 4.90 Å². The van der Waals surface area contributed by atoms with Gasteiger partial charge < -0.3 is 16.7 Å². The molecule has 1 heterocycles. The Morgan fingerprint density at radius 3 is 1.70 bits per heavy atom. The van der Waals surface area contributed by atoms with E-state index in [0.717, 1.165) is 5.92 Å². The zero-order valence-electron chi connectivity index (χ0n) is 16.0. The lowest BCUT2D eigenvalue weighted by Crippen LogP contribution is -3.13. The lowest BCUT2D eigenvalue weighted by Gasteiger charge is -2.29. The number of likely N-dealkylation sites (tertiary alicyclic amines) is 1. The van der Waals surface area contributed by atoms with Gasteiger partial charge in [-0.3, -0.25) is 0 Å². The number of nitrogens with one attached hydrogen (secondary N) is 1. The van der Waals surface area contributed by atoms with Crippen LogP contribution in [-0.2, 0) is 0 Å². The van der Waals surface area contributed by atoms with Crippen LogP contribution in [0.4, 0.5) is 0 Å². The fourth-order valence-electron chi connectivity index (χ4n) is 3.90. The van der Waals surface area contributed by atoms with Crippen LogP contribution in [0, 0.1) is 17.8 Å². The highest BCUT2D eigenvalue weighted by molar-refractivity contribution is 4.61. The van der Waals surface area contributed by atoms with Gasteiger partial charge in [0.15, 0.2) is 0 Å². The average molecular weight is 323 g/mol. The molecule has 0 aromatic carbocycles. The van der Waals surface area contributed by atoms with E-state index < -0.39 is 0 Å². The third-order valence-electron chi connectivity index (χ3n) is 5.39. The second kappa shape index (κ2) is 17.8. The van der Waals surface area contributed by atoms with Crippen LogP contribution in [-0.4, -0.2) is 19.6 Å². The Bertz CT molecular complexity index is 241. The molecule has 1 rings (SSSR count). The number of rotatable bonds is 13. The van der Waals surface area contributed by atoms with Crippen molar-refractivity contribution in [3.8, 4) is 0 Å². The van der Waals surface area contributed by atoms with Crippen LogP contribution in [0.15, 0.2) is 0 Å². The van der Waals surface area contributed by atoms with Gasteiger partial charge >= 0.3 is 0 Å². The molecule has 2 nitrogen and oxygen atoms in total. The highest BCUT2D eigenvalue weighted by Gasteiger charge is 2.20. The molecule has 0 aliphatic carbocycles. The predicted octanol–water partition coefficient (Wildman–Crippen LogP) is 5.10. The van der Waals surface area contributed by atoms with Crippen molar-refractivity contribution in [2.24, 2.45) is 5.92 Å². The predicted molar refractivity (Wildman–Crippen MR) is 100 cm³/mol. The molecule has 0 radical (unpaired) electrons. The lowest BCUT2D eigenvalue weighted by atomic mass is 9.92. The molecule has 23 heavy (non-hydrogen) atoms. The smallest absolute Gasteiger partial charge is 0.0773 e. The first kappa shape index (κ1) is 22.4. The number of unbranched alkanes of at least 4 members (excludes halogenated alkanes) is 9. The van der Waals surface area contributed by atoms with Gasteiger partial charge in [-0.2, -0.15) is 0 Å². The van der Waals surface area contributed by atoms with Crippen molar-refractivity contribution in [1.82, 2.24) is 0 Å².